The summed E-state index contributed by atoms with van der Waals surface area (Å²) in [5.74, 6) is -2.17. The highest BCUT2D eigenvalue weighted by Gasteiger charge is 2.69. The zero-order chi connectivity index (χ0) is 30.3. The molecule has 224 valence electrons. The summed E-state index contributed by atoms with van der Waals surface area (Å²) in [6, 6.07) is 13.8. The number of piperidine rings is 1. The van der Waals surface area contributed by atoms with E-state index < -0.39 is 29.9 Å². The number of nitrogens with two attached hydrogens (primary N) is 1. The molecule has 0 radical (unpaired) electrons. The van der Waals surface area contributed by atoms with E-state index in [1.165, 1.54) is 0 Å². The molecule has 11 nitrogen and oxygen atoms in total. The maximum absolute atomic E-state index is 14.2. The molecule has 4 N–H and O–H groups in total. The van der Waals surface area contributed by atoms with Gasteiger partial charge < -0.3 is 26.0 Å². The Balaban J connectivity index is 1.28. The van der Waals surface area contributed by atoms with Gasteiger partial charge in [0.25, 0.3) is 0 Å². The van der Waals surface area contributed by atoms with Gasteiger partial charge in [-0.2, -0.15) is 10.2 Å². The summed E-state index contributed by atoms with van der Waals surface area (Å²) >= 11 is 0. The van der Waals surface area contributed by atoms with Crippen molar-refractivity contribution in [2.45, 2.75) is 44.8 Å². The van der Waals surface area contributed by atoms with E-state index in [9.17, 15) is 19.2 Å². The van der Waals surface area contributed by atoms with Crippen LogP contribution in [0.3, 0.4) is 0 Å². The molecular formula is C32H36N6O5. The average molecular weight is 585 g/mol. The van der Waals surface area contributed by atoms with Gasteiger partial charge in [0.2, 0.25) is 23.6 Å². The molecule has 43 heavy (non-hydrogen) atoms. The number of primary amides is 1. The van der Waals surface area contributed by atoms with Gasteiger partial charge in [0.15, 0.2) is 6.04 Å². The molecule has 2 saturated heterocycles. The molecule has 1 aliphatic carbocycles. The van der Waals surface area contributed by atoms with Gasteiger partial charge in [-0.1, -0.05) is 68.4 Å². The first-order valence-corrected chi connectivity index (χ1v) is 14.7. The number of carbonyl (C=O) groups is 4. The summed E-state index contributed by atoms with van der Waals surface area (Å²) in [7, 11) is 0. The van der Waals surface area contributed by atoms with Crippen molar-refractivity contribution in [2.75, 3.05) is 19.8 Å². The number of carbonyl (C=O) groups excluding carboxylic acids is 4. The van der Waals surface area contributed by atoms with E-state index in [0.29, 0.717) is 31.6 Å². The Morgan fingerprint density at radius 1 is 1.05 bits per heavy atom. The van der Waals surface area contributed by atoms with Crippen molar-refractivity contribution in [3.63, 3.8) is 0 Å². The lowest BCUT2D eigenvalue weighted by molar-refractivity contribution is -0.144. The highest BCUT2D eigenvalue weighted by Crippen LogP contribution is 2.65. The van der Waals surface area contributed by atoms with E-state index >= 15 is 0 Å². The minimum absolute atomic E-state index is 0.105. The first-order valence-electron chi connectivity index (χ1n) is 14.7. The molecule has 4 amide bonds. The SMILES string of the molecule is CC1(C)[C@@H]2[C@@H](C(=O)NC(C(N)=O)c3nncc4ccccc34)N(C(=O)C(Cc3ccccc3)NC(=O)[C@H]3CCOC3)C[C@@H]21. The van der Waals surface area contributed by atoms with Gasteiger partial charge in [0.05, 0.1) is 18.7 Å². The number of hydrogen-bond donors (Lipinski definition) is 3. The topological polar surface area (TPSA) is 157 Å². The van der Waals surface area contributed by atoms with Crippen LogP contribution < -0.4 is 16.4 Å². The van der Waals surface area contributed by atoms with E-state index in [0.717, 1.165) is 10.9 Å². The quantitative estimate of drug-likeness (QED) is 0.344. The monoisotopic (exact) mass is 584 g/mol. The number of rotatable bonds is 9. The van der Waals surface area contributed by atoms with Crippen LogP contribution in [0.2, 0.25) is 0 Å². The summed E-state index contributed by atoms with van der Waals surface area (Å²) in [6.45, 7) is 5.35. The standard InChI is InChI=1S/C32H36N6O5/c1-32(2)22-16-38(31(42)23(14-18-8-4-3-5-9-18)35-29(40)20-12-13-43-17-20)27(24(22)32)30(41)36-26(28(33)39)25-21-11-7-6-10-19(21)15-34-37-25/h3-11,15,20,22-24,26-27H,12-14,16-17H2,1-2H3,(H2,33,39)(H,35,40)(H,36,41)/t20-,22-,23?,24-,26?,27-/m0/s1. The molecule has 2 unspecified atom stereocenters. The molecule has 0 spiro atoms. The van der Waals surface area contributed by atoms with Crippen molar-refractivity contribution in [2.24, 2.45) is 28.9 Å². The highest BCUT2D eigenvalue weighted by atomic mass is 16.5. The lowest BCUT2D eigenvalue weighted by Gasteiger charge is -2.34. The van der Waals surface area contributed by atoms with Crippen LogP contribution >= 0.6 is 0 Å². The third-order valence-electron chi connectivity index (χ3n) is 9.40. The number of likely N-dealkylation sites (tertiary alicyclic amines) is 1. The number of benzene rings is 2. The van der Waals surface area contributed by atoms with E-state index in [4.69, 9.17) is 10.5 Å². The second-order valence-corrected chi connectivity index (χ2v) is 12.4. The number of fused-ring (bicyclic) bond motifs is 2. The molecule has 2 aliphatic heterocycles. The molecule has 3 fully saturated rings. The summed E-state index contributed by atoms with van der Waals surface area (Å²) in [5.41, 5.74) is 6.75. The van der Waals surface area contributed by atoms with Gasteiger partial charge >= 0.3 is 0 Å². The number of aromatic nitrogens is 2. The Labute approximate surface area is 249 Å². The second-order valence-electron chi connectivity index (χ2n) is 12.4. The van der Waals surface area contributed by atoms with Gasteiger partial charge in [-0.15, -0.1) is 0 Å². The van der Waals surface area contributed by atoms with E-state index in [-0.39, 0.29) is 47.1 Å². The summed E-state index contributed by atoms with van der Waals surface area (Å²) < 4.78 is 5.39. The first kappa shape index (κ1) is 28.7. The minimum Gasteiger partial charge on any atom is -0.381 e. The Morgan fingerprint density at radius 3 is 2.51 bits per heavy atom. The normalized spacial score (nSPS) is 25.0. The maximum Gasteiger partial charge on any atom is 0.246 e. The first-order chi connectivity index (χ1) is 20.7. The van der Waals surface area contributed by atoms with Gasteiger partial charge in [0, 0.05) is 30.3 Å². The molecule has 1 aromatic heterocycles. The van der Waals surface area contributed by atoms with Crippen molar-refractivity contribution in [1.82, 2.24) is 25.7 Å². The molecule has 3 aliphatic rings. The van der Waals surface area contributed by atoms with Gasteiger partial charge in [-0.25, -0.2) is 0 Å². The third kappa shape index (κ3) is 5.45. The van der Waals surface area contributed by atoms with Crippen LogP contribution in [0.25, 0.3) is 10.8 Å². The van der Waals surface area contributed by atoms with E-state index in [1.807, 2.05) is 42.5 Å². The molecule has 1 saturated carbocycles. The molecule has 6 atom stereocenters. The van der Waals surface area contributed by atoms with Gasteiger partial charge in [-0.3, -0.25) is 19.2 Å². The predicted octanol–water partition coefficient (Wildman–Crippen LogP) is 1.52. The predicted molar refractivity (Wildman–Crippen MR) is 157 cm³/mol. The number of ether oxygens (including phenoxy) is 1. The van der Waals surface area contributed by atoms with Crippen molar-refractivity contribution in [3.05, 3.63) is 72.1 Å². The lowest BCUT2D eigenvalue weighted by Crippen LogP contribution is -2.57. The molecule has 2 aromatic carbocycles. The smallest absolute Gasteiger partial charge is 0.246 e. The van der Waals surface area contributed by atoms with Crippen molar-refractivity contribution in [3.8, 4) is 0 Å². The summed E-state index contributed by atoms with van der Waals surface area (Å²) in [5, 5.41) is 15.3. The van der Waals surface area contributed by atoms with Crippen molar-refractivity contribution in [1.29, 1.82) is 0 Å². The molecular weight excluding hydrogens is 548 g/mol. The van der Waals surface area contributed by atoms with E-state index in [1.54, 1.807) is 23.2 Å². The number of nitrogens with one attached hydrogen (secondary N) is 2. The van der Waals surface area contributed by atoms with Crippen LogP contribution in [0.1, 0.15) is 37.6 Å². The lowest BCUT2D eigenvalue weighted by atomic mass is 9.97. The van der Waals surface area contributed by atoms with Crippen LogP contribution in [0.4, 0.5) is 0 Å². The average Bonchev–Trinajstić information content (AvgIpc) is 3.46. The fourth-order valence-electron chi connectivity index (χ4n) is 6.86. The Bertz CT molecular complexity index is 1550. The van der Waals surface area contributed by atoms with Crippen LogP contribution in [0.15, 0.2) is 60.8 Å². The number of amides is 4. The van der Waals surface area contributed by atoms with Crippen LogP contribution in [-0.4, -0.2) is 70.6 Å². The molecule has 11 heteroatoms. The van der Waals surface area contributed by atoms with Crippen LogP contribution in [-0.2, 0) is 30.3 Å². The zero-order valence-electron chi connectivity index (χ0n) is 24.2. The number of nitrogens with zero attached hydrogens (tertiary/aromatic N) is 3. The summed E-state index contributed by atoms with van der Waals surface area (Å²) in [4.78, 5) is 55.7. The zero-order valence-corrected chi connectivity index (χ0v) is 24.2. The fourth-order valence-corrected chi connectivity index (χ4v) is 6.86. The van der Waals surface area contributed by atoms with Crippen molar-refractivity contribution >= 4 is 34.4 Å². The Hall–Kier alpha value is -4.38. The third-order valence-corrected chi connectivity index (χ3v) is 9.40. The van der Waals surface area contributed by atoms with Gasteiger partial charge in [0.1, 0.15) is 17.8 Å². The van der Waals surface area contributed by atoms with E-state index in [2.05, 4.69) is 34.7 Å². The minimum atomic E-state index is -1.24. The number of hydrogen-bond acceptors (Lipinski definition) is 7. The van der Waals surface area contributed by atoms with Crippen molar-refractivity contribution < 1.29 is 23.9 Å². The van der Waals surface area contributed by atoms with Gasteiger partial charge in [-0.05, 0) is 29.2 Å². The molecule has 3 heterocycles. The Kier molecular flexibility index (Phi) is 7.59. The maximum atomic E-state index is 14.2. The molecule has 6 rings (SSSR count). The fraction of sp³-hybridized carbons (Fsp3) is 0.438. The Morgan fingerprint density at radius 2 is 1.79 bits per heavy atom. The van der Waals surface area contributed by atoms with Crippen LogP contribution in [0.5, 0.6) is 0 Å². The molecule has 3 aromatic rings. The molecule has 0 bridgehead atoms. The highest BCUT2D eigenvalue weighted by molar-refractivity contribution is 5.97. The van der Waals surface area contributed by atoms with Crippen LogP contribution in [0, 0.1) is 23.2 Å². The largest absolute Gasteiger partial charge is 0.381 e. The summed E-state index contributed by atoms with van der Waals surface area (Å²) in [6.07, 6.45) is 2.45. The second kappa shape index (κ2) is 11.4.